The fourth-order valence-electron chi connectivity index (χ4n) is 1.38. The maximum Gasteiger partial charge on any atom is 0.340 e. The van der Waals surface area contributed by atoms with Crippen molar-refractivity contribution in [2.45, 2.75) is 12.6 Å². The zero-order chi connectivity index (χ0) is 12.3. The Hall–Kier alpha value is -0.810. The zero-order valence-electron chi connectivity index (χ0n) is 8.77. The van der Waals surface area contributed by atoms with Crippen LogP contribution >= 0.6 is 23.2 Å². The van der Waals surface area contributed by atoms with Gasteiger partial charge in [-0.25, -0.2) is 4.79 Å². The molecule has 2 rings (SSSR count). The van der Waals surface area contributed by atoms with Crippen LogP contribution in [0.5, 0.6) is 0 Å². The Morgan fingerprint density at radius 1 is 1.53 bits per heavy atom. The van der Waals surface area contributed by atoms with Gasteiger partial charge in [0.25, 0.3) is 0 Å². The van der Waals surface area contributed by atoms with Crippen LogP contribution in [0.3, 0.4) is 0 Å². The van der Waals surface area contributed by atoms with Crippen molar-refractivity contribution < 1.29 is 19.0 Å². The molecule has 1 heterocycles. The van der Waals surface area contributed by atoms with Crippen molar-refractivity contribution in [1.29, 1.82) is 0 Å². The topological polar surface area (TPSA) is 44.8 Å². The van der Waals surface area contributed by atoms with Crippen LogP contribution < -0.4 is 0 Å². The first-order valence-corrected chi connectivity index (χ1v) is 5.90. The summed E-state index contributed by atoms with van der Waals surface area (Å²) in [6.07, 6.45) is -1.24. The van der Waals surface area contributed by atoms with E-state index >= 15 is 0 Å². The maximum absolute atomic E-state index is 11.7. The van der Waals surface area contributed by atoms with Crippen molar-refractivity contribution in [3.05, 3.63) is 34.9 Å². The van der Waals surface area contributed by atoms with E-state index in [1.54, 1.807) is 18.2 Å². The number of carbonyl (C=O) groups excluding carboxylic acids is 1. The molecule has 0 saturated carbocycles. The Morgan fingerprint density at radius 2 is 2.35 bits per heavy atom. The fourth-order valence-corrected chi connectivity index (χ4v) is 1.73. The van der Waals surface area contributed by atoms with Gasteiger partial charge in [-0.1, -0.05) is 17.7 Å². The predicted molar refractivity (Wildman–Crippen MR) is 62.2 cm³/mol. The normalized spacial score (nSPS) is 23.6. The van der Waals surface area contributed by atoms with Gasteiger partial charge in [0.1, 0.15) is 6.61 Å². The molecule has 0 aliphatic carbocycles. The Morgan fingerprint density at radius 3 is 3.00 bits per heavy atom. The number of rotatable bonds is 3. The average Bonchev–Trinajstić information content (AvgIpc) is 2.77. The first-order chi connectivity index (χ1) is 8.19. The lowest BCUT2D eigenvalue weighted by Crippen LogP contribution is -2.21. The molecule has 17 heavy (non-hydrogen) atoms. The average molecular weight is 277 g/mol. The quantitative estimate of drug-likeness (QED) is 0.628. The molecule has 6 heteroatoms. The summed E-state index contributed by atoms with van der Waals surface area (Å²) in [7, 11) is 0. The van der Waals surface area contributed by atoms with Gasteiger partial charge in [-0.2, -0.15) is 0 Å². The summed E-state index contributed by atoms with van der Waals surface area (Å²) in [6, 6.07) is 6.49. The van der Waals surface area contributed by atoms with Gasteiger partial charge >= 0.3 is 5.97 Å². The van der Waals surface area contributed by atoms with Gasteiger partial charge in [-0.05, 0) is 18.2 Å². The van der Waals surface area contributed by atoms with Crippen molar-refractivity contribution in [1.82, 2.24) is 0 Å². The summed E-state index contributed by atoms with van der Waals surface area (Å²) in [5.74, 6) is -0.304. The minimum absolute atomic E-state index is 0.184. The third-order valence-corrected chi connectivity index (χ3v) is 2.63. The largest absolute Gasteiger partial charge is 0.429 e. The SMILES string of the molecule is O=C(OC1COC(CCl)O1)c1cccc(Cl)c1. The summed E-state index contributed by atoms with van der Waals surface area (Å²) in [6.45, 7) is 0.184. The Kier molecular flexibility index (Phi) is 4.23. The van der Waals surface area contributed by atoms with Crippen LogP contribution in [-0.2, 0) is 14.2 Å². The van der Waals surface area contributed by atoms with Crippen molar-refractivity contribution >= 4 is 29.2 Å². The fraction of sp³-hybridized carbons (Fsp3) is 0.364. The molecule has 1 fully saturated rings. The van der Waals surface area contributed by atoms with Gasteiger partial charge in [0, 0.05) is 5.02 Å². The van der Waals surface area contributed by atoms with Gasteiger partial charge in [-0.15, -0.1) is 11.6 Å². The van der Waals surface area contributed by atoms with Crippen LogP contribution in [0, 0.1) is 0 Å². The highest BCUT2D eigenvalue weighted by Crippen LogP contribution is 2.17. The third kappa shape index (κ3) is 3.33. The Balaban J connectivity index is 1.94. The molecular formula is C11H10Cl2O4. The van der Waals surface area contributed by atoms with E-state index in [0.717, 1.165) is 0 Å². The summed E-state index contributed by atoms with van der Waals surface area (Å²) < 4.78 is 15.4. The number of hydrogen-bond donors (Lipinski definition) is 0. The maximum atomic E-state index is 11.7. The molecule has 0 spiro atoms. The second-order valence-corrected chi connectivity index (χ2v) is 4.14. The minimum Gasteiger partial charge on any atom is -0.429 e. The van der Waals surface area contributed by atoms with Gasteiger partial charge in [0.15, 0.2) is 6.29 Å². The predicted octanol–water partition coefficient (Wildman–Crippen LogP) is 2.43. The first kappa shape index (κ1) is 12.6. The number of benzene rings is 1. The van der Waals surface area contributed by atoms with E-state index < -0.39 is 18.5 Å². The number of esters is 1. The first-order valence-electron chi connectivity index (χ1n) is 4.98. The van der Waals surface area contributed by atoms with Crippen molar-refractivity contribution in [3.63, 3.8) is 0 Å². The second kappa shape index (κ2) is 5.69. The van der Waals surface area contributed by atoms with Crippen LogP contribution in [0.2, 0.25) is 5.02 Å². The van der Waals surface area contributed by atoms with Gasteiger partial charge in [-0.3, -0.25) is 0 Å². The van der Waals surface area contributed by atoms with Crippen LogP contribution in [0.25, 0.3) is 0 Å². The molecule has 1 aromatic rings. The molecule has 2 atom stereocenters. The Bertz CT molecular complexity index is 410. The highest BCUT2D eigenvalue weighted by molar-refractivity contribution is 6.30. The molecule has 1 saturated heterocycles. The second-order valence-electron chi connectivity index (χ2n) is 3.40. The molecule has 1 aliphatic heterocycles. The lowest BCUT2D eigenvalue weighted by molar-refractivity contribution is -0.110. The van der Waals surface area contributed by atoms with Gasteiger partial charge < -0.3 is 14.2 Å². The van der Waals surface area contributed by atoms with Crippen molar-refractivity contribution in [2.24, 2.45) is 0 Å². The van der Waals surface area contributed by atoms with Crippen LogP contribution in [0.15, 0.2) is 24.3 Å². The van der Waals surface area contributed by atoms with Crippen molar-refractivity contribution in [3.8, 4) is 0 Å². The van der Waals surface area contributed by atoms with E-state index in [4.69, 9.17) is 37.4 Å². The highest BCUT2D eigenvalue weighted by Gasteiger charge is 2.28. The third-order valence-electron chi connectivity index (χ3n) is 2.15. The summed E-state index contributed by atoms with van der Waals surface area (Å²) in [5, 5.41) is 0.474. The molecule has 2 unspecified atom stereocenters. The lowest BCUT2D eigenvalue weighted by Gasteiger charge is -2.10. The Labute approximate surface area is 108 Å². The number of carbonyl (C=O) groups is 1. The molecule has 1 aromatic carbocycles. The number of ether oxygens (including phenoxy) is 3. The lowest BCUT2D eigenvalue weighted by atomic mass is 10.2. The molecule has 0 aromatic heterocycles. The summed E-state index contributed by atoms with van der Waals surface area (Å²) in [4.78, 5) is 11.7. The van der Waals surface area contributed by atoms with Crippen LogP contribution in [0.1, 0.15) is 10.4 Å². The number of alkyl halides is 1. The van der Waals surface area contributed by atoms with Gasteiger partial charge in [0.2, 0.25) is 6.29 Å². The number of halogens is 2. The molecule has 4 nitrogen and oxygen atoms in total. The smallest absolute Gasteiger partial charge is 0.340 e. The molecule has 0 bridgehead atoms. The molecule has 0 amide bonds. The van der Waals surface area contributed by atoms with E-state index in [0.29, 0.717) is 10.6 Å². The van der Waals surface area contributed by atoms with Crippen LogP contribution in [-0.4, -0.2) is 31.0 Å². The van der Waals surface area contributed by atoms with E-state index in [1.807, 2.05) is 0 Å². The standard InChI is InChI=1S/C11H10Cl2O4/c12-5-9-15-6-10(16-9)17-11(14)7-2-1-3-8(13)4-7/h1-4,9-10H,5-6H2. The van der Waals surface area contributed by atoms with Gasteiger partial charge in [0.05, 0.1) is 11.4 Å². The zero-order valence-corrected chi connectivity index (χ0v) is 10.3. The van der Waals surface area contributed by atoms with Crippen molar-refractivity contribution in [2.75, 3.05) is 12.5 Å². The molecule has 92 valence electrons. The summed E-state index contributed by atoms with van der Waals surface area (Å²) in [5.41, 5.74) is 0.371. The highest BCUT2D eigenvalue weighted by atomic mass is 35.5. The van der Waals surface area contributed by atoms with E-state index in [2.05, 4.69) is 0 Å². The summed E-state index contributed by atoms with van der Waals surface area (Å²) >= 11 is 11.3. The van der Waals surface area contributed by atoms with E-state index in [9.17, 15) is 4.79 Å². The number of hydrogen-bond acceptors (Lipinski definition) is 4. The van der Waals surface area contributed by atoms with E-state index in [-0.39, 0.29) is 12.5 Å². The molecule has 0 N–H and O–H groups in total. The molecule has 0 radical (unpaired) electrons. The molecular weight excluding hydrogens is 267 g/mol. The molecule has 1 aliphatic rings. The monoisotopic (exact) mass is 276 g/mol. The van der Waals surface area contributed by atoms with Crippen LogP contribution in [0.4, 0.5) is 0 Å². The van der Waals surface area contributed by atoms with E-state index in [1.165, 1.54) is 6.07 Å². The minimum atomic E-state index is -0.717.